The molecule has 3 heteroatoms. The van der Waals surface area contributed by atoms with Gasteiger partial charge in [0.2, 0.25) is 0 Å². The average molecular weight is 348 g/mol. The molecule has 1 N–H and O–H groups in total. The first-order valence-corrected chi connectivity index (χ1v) is 9.43. The second-order valence-electron chi connectivity index (χ2n) is 8.11. The topological polar surface area (TPSA) is 28.4 Å². The second-order valence-corrected chi connectivity index (χ2v) is 8.11. The Morgan fingerprint density at radius 3 is 2.58 bits per heavy atom. The van der Waals surface area contributed by atoms with Gasteiger partial charge in [0.05, 0.1) is 11.1 Å². The molecule has 0 saturated carbocycles. The number of benzene rings is 2. The molecule has 0 amide bonds. The molecule has 0 bridgehead atoms. The summed E-state index contributed by atoms with van der Waals surface area (Å²) in [6, 6.07) is 14.6. The van der Waals surface area contributed by atoms with Crippen molar-refractivity contribution in [2.45, 2.75) is 38.8 Å². The number of nitrogens with zero attached hydrogens (tertiary/aromatic N) is 2. The summed E-state index contributed by atoms with van der Waals surface area (Å²) in [7, 11) is 4.38. The number of rotatable bonds is 3. The van der Waals surface area contributed by atoms with Crippen molar-refractivity contribution in [2.24, 2.45) is 7.05 Å². The van der Waals surface area contributed by atoms with Crippen LogP contribution >= 0.6 is 0 Å². The molecule has 3 nitrogen and oxygen atoms in total. The SMILES string of the molecule is Cc1cc(CC(C)(O)c2ccccc2)c2c(c1)c1c(n2C)CCN(C)C1. The number of hydrogen-bond acceptors (Lipinski definition) is 2. The van der Waals surface area contributed by atoms with Gasteiger partial charge in [0.1, 0.15) is 0 Å². The minimum atomic E-state index is -0.885. The highest BCUT2D eigenvalue weighted by atomic mass is 16.3. The van der Waals surface area contributed by atoms with Crippen LogP contribution in [0.5, 0.6) is 0 Å². The van der Waals surface area contributed by atoms with E-state index in [9.17, 15) is 5.11 Å². The molecule has 1 unspecified atom stereocenters. The number of aliphatic hydroxyl groups is 1. The summed E-state index contributed by atoms with van der Waals surface area (Å²) in [5, 5.41) is 12.6. The Bertz CT molecular complexity index is 953. The molecule has 0 spiro atoms. The lowest BCUT2D eigenvalue weighted by molar-refractivity contribution is 0.0579. The maximum Gasteiger partial charge on any atom is 0.0909 e. The molecular weight excluding hydrogens is 320 g/mol. The first-order chi connectivity index (χ1) is 12.4. The zero-order valence-electron chi connectivity index (χ0n) is 16.2. The number of aryl methyl sites for hydroxylation is 2. The smallest absolute Gasteiger partial charge is 0.0909 e. The van der Waals surface area contributed by atoms with Gasteiger partial charge < -0.3 is 14.6 Å². The van der Waals surface area contributed by atoms with Gasteiger partial charge in [0.15, 0.2) is 0 Å². The highest BCUT2D eigenvalue weighted by Crippen LogP contribution is 2.35. The first-order valence-electron chi connectivity index (χ1n) is 9.43. The molecule has 0 saturated heterocycles. The van der Waals surface area contributed by atoms with Gasteiger partial charge in [-0.3, -0.25) is 0 Å². The molecular formula is C23H28N2O. The molecule has 1 aromatic heterocycles. The van der Waals surface area contributed by atoms with Gasteiger partial charge in [0.25, 0.3) is 0 Å². The molecule has 136 valence electrons. The van der Waals surface area contributed by atoms with Crippen molar-refractivity contribution in [3.05, 3.63) is 70.4 Å². The number of fused-ring (bicyclic) bond motifs is 3. The molecule has 2 heterocycles. The Kier molecular flexibility index (Phi) is 4.17. The van der Waals surface area contributed by atoms with Crippen molar-refractivity contribution >= 4 is 10.9 Å². The molecule has 2 aromatic carbocycles. The van der Waals surface area contributed by atoms with E-state index in [0.29, 0.717) is 6.42 Å². The van der Waals surface area contributed by atoms with Crippen LogP contribution in [0.15, 0.2) is 42.5 Å². The summed E-state index contributed by atoms with van der Waals surface area (Å²) in [6.45, 7) is 6.19. The predicted molar refractivity (Wildman–Crippen MR) is 107 cm³/mol. The second kappa shape index (κ2) is 6.26. The first kappa shape index (κ1) is 17.3. The Labute approximate surface area is 155 Å². The quantitative estimate of drug-likeness (QED) is 0.777. The van der Waals surface area contributed by atoms with Crippen LogP contribution in [-0.2, 0) is 32.0 Å². The third kappa shape index (κ3) is 2.85. The zero-order valence-corrected chi connectivity index (χ0v) is 16.2. The number of likely N-dealkylation sites (N-methyl/N-ethyl adjacent to an activating group) is 1. The summed E-state index contributed by atoms with van der Waals surface area (Å²) in [4.78, 5) is 2.39. The highest BCUT2D eigenvalue weighted by Gasteiger charge is 2.27. The maximum atomic E-state index is 11.2. The Balaban J connectivity index is 1.86. The van der Waals surface area contributed by atoms with E-state index in [1.807, 2.05) is 37.3 Å². The van der Waals surface area contributed by atoms with Crippen molar-refractivity contribution in [3.8, 4) is 0 Å². The van der Waals surface area contributed by atoms with Gasteiger partial charge >= 0.3 is 0 Å². The average Bonchev–Trinajstić information content (AvgIpc) is 2.87. The minimum absolute atomic E-state index is 0.613. The van der Waals surface area contributed by atoms with Gasteiger partial charge in [-0.1, -0.05) is 42.0 Å². The number of aromatic nitrogens is 1. The van der Waals surface area contributed by atoms with Gasteiger partial charge in [-0.25, -0.2) is 0 Å². The van der Waals surface area contributed by atoms with Crippen molar-refractivity contribution in [1.82, 2.24) is 9.47 Å². The van der Waals surface area contributed by atoms with Crippen molar-refractivity contribution < 1.29 is 5.11 Å². The van der Waals surface area contributed by atoms with E-state index in [4.69, 9.17) is 0 Å². The van der Waals surface area contributed by atoms with E-state index in [0.717, 1.165) is 25.1 Å². The van der Waals surface area contributed by atoms with Crippen LogP contribution in [0.4, 0.5) is 0 Å². The van der Waals surface area contributed by atoms with Crippen molar-refractivity contribution in [2.75, 3.05) is 13.6 Å². The van der Waals surface area contributed by atoms with Crippen LogP contribution in [0.3, 0.4) is 0 Å². The van der Waals surface area contributed by atoms with E-state index >= 15 is 0 Å². The van der Waals surface area contributed by atoms with Gasteiger partial charge in [-0.15, -0.1) is 0 Å². The number of hydrogen-bond donors (Lipinski definition) is 1. The summed E-state index contributed by atoms with van der Waals surface area (Å²) < 4.78 is 2.37. The molecule has 3 aromatic rings. The van der Waals surface area contributed by atoms with Crippen LogP contribution in [-0.4, -0.2) is 28.2 Å². The summed E-state index contributed by atoms with van der Waals surface area (Å²) >= 11 is 0. The van der Waals surface area contributed by atoms with Crippen LogP contribution in [0.1, 0.15) is 34.9 Å². The molecule has 26 heavy (non-hydrogen) atoms. The Hall–Kier alpha value is -2.10. The molecule has 0 fully saturated rings. The van der Waals surface area contributed by atoms with E-state index in [2.05, 4.69) is 42.6 Å². The summed E-state index contributed by atoms with van der Waals surface area (Å²) in [5.74, 6) is 0. The monoisotopic (exact) mass is 348 g/mol. The van der Waals surface area contributed by atoms with E-state index in [1.54, 1.807) is 0 Å². The summed E-state index contributed by atoms with van der Waals surface area (Å²) in [6.07, 6.45) is 1.70. The molecule has 0 radical (unpaired) electrons. The lowest BCUT2D eigenvalue weighted by Gasteiger charge is -2.25. The minimum Gasteiger partial charge on any atom is -0.385 e. The van der Waals surface area contributed by atoms with Gasteiger partial charge in [0, 0.05) is 44.1 Å². The molecule has 1 aliphatic rings. The fourth-order valence-electron chi connectivity index (χ4n) is 4.52. The predicted octanol–water partition coefficient (Wildman–Crippen LogP) is 3.92. The van der Waals surface area contributed by atoms with E-state index in [1.165, 1.54) is 33.3 Å². The lowest BCUT2D eigenvalue weighted by Crippen LogP contribution is -2.27. The Morgan fingerprint density at radius 1 is 1.12 bits per heavy atom. The third-order valence-electron chi connectivity index (χ3n) is 5.84. The molecule has 0 aliphatic carbocycles. The third-order valence-corrected chi connectivity index (χ3v) is 5.84. The fourth-order valence-corrected chi connectivity index (χ4v) is 4.52. The lowest BCUT2D eigenvalue weighted by atomic mass is 9.87. The van der Waals surface area contributed by atoms with Crippen LogP contribution < -0.4 is 0 Å². The Morgan fingerprint density at radius 2 is 1.85 bits per heavy atom. The highest BCUT2D eigenvalue weighted by molar-refractivity contribution is 5.89. The van der Waals surface area contributed by atoms with Gasteiger partial charge in [-0.05, 0) is 43.7 Å². The largest absolute Gasteiger partial charge is 0.385 e. The zero-order chi connectivity index (χ0) is 18.5. The maximum absolute atomic E-state index is 11.2. The van der Waals surface area contributed by atoms with Crippen molar-refractivity contribution in [3.63, 3.8) is 0 Å². The van der Waals surface area contributed by atoms with Crippen LogP contribution in [0.25, 0.3) is 10.9 Å². The summed E-state index contributed by atoms with van der Waals surface area (Å²) in [5.41, 5.74) is 6.76. The molecule has 1 aliphatic heterocycles. The van der Waals surface area contributed by atoms with E-state index < -0.39 is 5.60 Å². The standard InChI is InChI=1S/C23H28N2O/c1-16-12-17(14-23(2,26)18-8-6-5-7-9-18)22-19(13-16)20-15-24(3)11-10-21(20)25(22)4/h5-9,12-13,26H,10-11,14-15H2,1-4H3. The normalized spacial score (nSPS) is 17.3. The van der Waals surface area contributed by atoms with E-state index in [-0.39, 0.29) is 0 Å². The molecule has 4 rings (SSSR count). The fraction of sp³-hybridized carbons (Fsp3) is 0.391. The molecule has 1 atom stereocenters. The van der Waals surface area contributed by atoms with Crippen LogP contribution in [0.2, 0.25) is 0 Å². The van der Waals surface area contributed by atoms with Crippen LogP contribution in [0, 0.1) is 6.92 Å². The van der Waals surface area contributed by atoms with Crippen molar-refractivity contribution in [1.29, 1.82) is 0 Å². The van der Waals surface area contributed by atoms with Gasteiger partial charge in [-0.2, -0.15) is 0 Å².